The first kappa shape index (κ1) is 7.02. The maximum atomic E-state index is 4.08. The van der Waals surface area contributed by atoms with E-state index in [1.807, 2.05) is 13.2 Å². The molecule has 0 aliphatic rings. The summed E-state index contributed by atoms with van der Waals surface area (Å²) in [4.78, 5) is 0. The second kappa shape index (κ2) is 4.19. The second-order valence-electron chi connectivity index (χ2n) is 1.36. The normalized spacial score (nSPS) is 12.1. The molecule has 1 nitrogen and oxygen atoms in total. The molecule has 7 heavy (non-hydrogen) atoms. The van der Waals surface area contributed by atoms with Crippen LogP contribution in [-0.2, 0) is 0 Å². The second-order valence-corrected chi connectivity index (χ2v) is 1.91. The average Bonchev–Trinajstić information content (AvgIpc) is 1.68. The van der Waals surface area contributed by atoms with Gasteiger partial charge in [-0.05, 0) is 25.3 Å². The van der Waals surface area contributed by atoms with Gasteiger partial charge in [-0.1, -0.05) is 6.92 Å². The Morgan fingerprint density at radius 3 is 2.43 bits per heavy atom. The van der Waals surface area contributed by atoms with Crippen LogP contribution in [-0.4, -0.2) is 12.0 Å². The molecule has 0 spiro atoms. The lowest BCUT2D eigenvalue weighted by molar-refractivity contribution is 1.27. The van der Waals surface area contributed by atoms with Crippen LogP contribution in [0, 0.1) is 0 Å². The summed E-state index contributed by atoms with van der Waals surface area (Å²) in [6.07, 6.45) is 3.04. The van der Waals surface area contributed by atoms with Crippen molar-refractivity contribution in [3.8, 4) is 0 Å². The summed E-state index contributed by atoms with van der Waals surface area (Å²) >= 11 is 1.52. The summed E-state index contributed by atoms with van der Waals surface area (Å²) in [7, 11) is 0. The van der Waals surface area contributed by atoms with Gasteiger partial charge in [-0.3, -0.25) is 0 Å². The molecule has 0 bridgehead atoms. The van der Waals surface area contributed by atoms with Crippen LogP contribution in [0.25, 0.3) is 0 Å². The van der Waals surface area contributed by atoms with Crippen LogP contribution < -0.4 is 0 Å². The summed E-state index contributed by atoms with van der Waals surface area (Å²) in [5, 5.41) is 0. The van der Waals surface area contributed by atoms with Gasteiger partial charge in [0, 0.05) is 12.0 Å². The molecule has 0 fully saturated rings. The lowest BCUT2D eigenvalue weighted by atomic mass is 10.3. The predicted molar refractivity (Wildman–Crippen MR) is 36.9 cm³/mol. The SMILES string of the molecule is CC/C(C)=N\SC. The first-order chi connectivity index (χ1) is 3.31. The number of nitrogens with zero attached hydrogens (tertiary/aromatic N) is 1. The maximum Gasteiger partial charge on any atom is 0.0228 e. The van der Waals surface area contributed by atoms with Gasteiger partial charge >= 0.3 is 0 Å². The van der Waals surface area contributed by atoms with E-state index in [2.05, 4.69) is 11.3 Å². The molecule has 0 aromatic carbocycles. The van der Waals surface area contributed by atoms with Crippen LogP contribution in [0.1, 0.15) is 20.3 Å². The fourth-order valence-electron chi connectivity index (χ4n) is 0.220. The van der Waals surface area contributed by atoms with E-state index in [1.165, 1.54) is 17.7 Å². The molecular weight excluding hydrogens is 106 g/mol. The van der Waals surface area contributed by atoms with Gasteiger partial charge in [-0.15, -0.1) is 0 Å². The van der Waals surface area contributed by atoms with Crippen molar-refractivity contribution in [2.75, 3.05) is 6.26 Å². The molecule has 0 N–H and O–H groups in total. The standard InChI is InChI=1S/C5H11NS/c1-4-5(2)6-7-3/h4H2,1-3H3/b6-5-. The maximum absolute atomic E-state index is 4.08. The van der Waals surface area contributed by atoms with E-state index in [-0.39, 0.29) is 0 Å². The fraction of sp³-hybridized carbons (Fsp3) is 0.800. The highest BCUT2D eigenvalue weighted by Crippen LogP contribution is 1.95. The van der Waals surface area contributed by atoms with Crippen molar-refractivity contribution in [2.24, 2.45) is 4.40 Å². The molecule has 0 atom stereocenters. The van der Waals surface area contributed by atoms with Crippen LogP contribution in [0.4, 0.5) is 0 Å². The molecule has 0 aliphatic carbocycles. The van der Waals surface area contributed by atoms with Crippen molar-refractivity contribution in [1.29, 1.82) is 0 Å². The zero-order valence-corrected chi connectivity index (χ0v) is 5.88. The zero-order valence-electron chi connectivity index (χ0n) is 5.06. The molecule has 42 valence electrons. The van der Waals surface area contributed by atoms with Crippen molar-refractivity contribution in [2.45, 2.75) is 20.3 Å². The first-order valence-corrected chi connectivity index (χ1v) is 3.56. The molecule has 0 aromatic rings. The number of hydrogen-bond donors (Lipinski definition) is 0. The number of rotatable bonds is 2. The summed E-state index contributed by atoms with van der Waals surface area (Å²) in [6, 6.07) is 0. The molecule has 0 unspecified atom stereocenters. The van der Waals surface area contributed by atoms with Crippen LogP contribution >= 0.6 is 11.9 Å². The zero-order chi connectivity index (χ0) is 5.70. The average molecular weight is 117 g/mol. The predicted octanol–water partition coefficient (Wildman–Crippen LogP) is 2.14. The Hall–Kier alpha value is 0.0200. The van der Waals surface area contributed by atoms with E-state index >= 15 is 0 Å². The van der Waals surface area contributed by atoms with E-state index in [9.17, 15) is 0 Å². The number of hydrogen-bond acceptors (Lipinski definition) is 2. The minimum absolute atomic E-state index is 1.07. The first-order valence-electron chi connectivity index (χ1n) is 2.38. The van der Waals surface area contributed by atoms with Gasteiger partial charge in [0.2, 0.25) is 0 Å². The van der Waals surface area contributed by atoms with Crippen LogP contribution in [0.5, 0.6) is 0 Å². The highest BCUT2D eigenvalue weighted by atomic mass is 32.2. The lowest BCUT2D eigenvalue weighted by Crippen LogP contribution is -1.82. The van der Waals surface area contributed by atoms with Gasteiger partial charge < -0.3 is 0 Å². The van der Waals surface area contributed by atoms with Crippen molar-refractivity contribution >= 4 is 17.7 Å². The monoisotopic (exact) mass is 117 g/mol. The minimum Gasteiger partial charge on any atom is -0.226 e. The molecule has 0 saturated carbocycles. The third-order valence-electron chi connectivity index (χ3n) is 0.759. The smallest absolute Gasteiger partial charge is 0.0228 e. The Balaban J connectivity index is 3.29. The van der Waals surface area contributed by atoms with Crippen LogP contribution in [0.3, 0.4) is 0 Å². The molecule has 0 rings (SSSR count). The van der Waals surface area contributed by atoms with Crippen molar-refractivity contribution in [1.82, 2.24) is 0 Å². The Morgan fingerprint density at radius 1 is 1.71 bits per heavy atom. The largest absolute Gasteiger partial charge is 0.226 e. The van der Waals surface area contributed by atoms with Gasteiger partial charge in [0.1, 0.15) is 0 Å². The topological polar surface area (TPSA) is 12.4 Å². The van der Waals surface area contributed by atoms with Gasteiger partial charge in [-0.25, -0.2) is 4.40 Å². The van der Waals surface area contributed by atoms with E-state index in [0.29, 0.717) is 0 Å². The van der Waals surface area contributed by atoms with E-state index in [4.69, 9.17) is 0 Å². The van der Waals surface area contributed by atoms with Crippen LogP contribution in [0.2, 0.25) is 0 Å². The lowest BCUT2D eigenvalue weighted by Gasteiger charge is -1.87. The van der Waals surface area contributed by atoms with Gasteiger partial charge in [0.05, 0.1) is 0 Å². The van der Waals surface area contributed by atoms with Crippen molar-refractivity contribution < 1.29 is 0 Å². The molecule has 0 aromatic heterocycles. The Labute approximate surface area is 49.4 Å². The highest BCUT2D eigenvalue weighted by molar-refractivity contribution is 7.97. The van der Waals surface area contributed by atoms with Gasteiger partial charge in [0.15, 0.2) is 0 Å². The minimum atomic E-state index is 1.07. The molecule has 2 heteroatoms. The van der Waals surface area contributed by atoms with E-state index in [1.54, 1.807) is 0 Å². The highest BCUT2D eigenvalue weighted by Gasteiger charge is 1.79. The van der Waals surface area contributed by atoms with Crippen molar-refractivity contribution in [3.05, 3.63) is 0 Å². The van der Waals surface area contributed by atoms with Gasteiger partial charge in [-0.2, -0.15) is 0 Å². The van der Waals surface area contributed by atoms with Crippen LogP contribution in [0.15, 0.2) is 4.40 Å². The summed E-state index contributed by atoms with van der Waals surface area (Å²) in [6.45, 7) is 4.14. The molecule has 0 heterocycles. The summed E-state index contributed by atoms with van der Waals surface area (Å²) < 4.78 is 4.08. The fourth-order valence-corrected chi connectivity index (χ4v) is 0.661. The van der Waals surface area contributed by atoms with Crippen molar-refractivity contribution in [3.63, 3.8) is 0 Å². The molecule has 0 amide bonds. The third-order valence-corrected chi connectivity index (χ3v) is 1.25. The Morgan fingerprint density at radius 2 is 2.29 bits per heavy atom. The molecule has 0 radical (unpaired) electrons. The van der Waals surface area contributed by atoms with E-state index in [0.717, 1.165) is 6.42 Å². The molecular formula is C5H11NS. The quantitative estimate of drug-likeness (QED) is 0.398. The molecule has 0 saturated heterocycles. The Kier molecular flexibility index (Phi) is 4.20. The van der Waals surface area contributed by atoms with E-state index < -0.39 is 0 Å². The third kappa shape index (κ3) is 3.86. The molecule has 0 aliphatic heterocycles. The Bertz CT molecular complexity index is 68.5. The summed E-state index contributed by atoms with van der Waals surface area (Å²) in [5.41, 5.74) is 1.22. The summed E-state index contributed by atoms with van der Waals surface area (Å²) in [5.74, 6) is 0. The van der Waals surface area contributed by atoms with Gasteiger partial charge in [0.25, 0.3) is 0 Å².